The molecule has 0 aliphatic carbocycles. The third kappa shape index (κ3) is 5.97. The number of anilines is 1. The van der Waals surface area contributed by atoms with Crippen molar-refractivity contribution in [3.8, 4) is 5.75 Å². The van der Waals surface area contributed by atoms with Crippen molar-refractivity contribution >= 4 is 34.1 Å². The molecule has 3 aromatic rings. The first-order chi connectivity index (χ1) is 14.6. The van der Waals surface area contributed by atoms with Crippen LogP contribution in [0.5, 0.6) is 5.75 Å². The summed E-state index contributed by atoms with van der Waals surface area (Å²) in [5, 5.41) is 3.24. The Labute approximate surface area is 180 Å². The number of fused-ring (bicyclic) bond motifs is 1. The highest BCUT2D eigenvalue weighted by Crippen LogP contribution is 2.30. The zero-order chi connectivity index (χ0) is 22.6. The van der Waals surface area contributed by atoms with E-state index in [0.717, 1.165) is 5.56 Å². The largest absolute Gasteiger partial charge is 0.482 e. The molecular formula is C21H19ClF3N3O3. The maximum atomic E-state index is 12.6. The summed E-state index contributed by atoms with van der Waals surface area (Å²) in [5.41, 5.74) is 1.37. The monoisotopic (exact) mass is 453 g/mol. The highest BCUT2D eigenvalue weighted by Gasteiger charge is 2.29. The summed E-state index contributed by atoms with van der Waals surface area (Å²) in [6.45, 7) is 0.636. The van der Waals surface area contributed by atoms with E-state index in [1.807, 2.05) is 13.0 Å². The molecule has 0 aliphatic heterocycles. The van der Waals surface area contributed by atoms with Gasteiger partial charge in [-0.25, -0.2) is 4.98 Å². The summed E-state index contributed by atoms with van der Waals surface area (Å²) in [6.07, 6.45) is -2.72. The van der Waals surface area contributed by atoms with E-state index in [1.165, 1.54) is 29.1 Å². The van der Waals surface area contributed by atoms with Crippen LogP contribution in [0.4, 0.5) is 18.9 Å². The third-order valence-corrected chi connectivity index (χ3v) is 4.70. The molecule has 0 spiro atoms. The molecule has 0 fully saturated rings. The Kier molecular flexibility index (Phi) is 6.84. The number of hydrogen-bond donors (Lipinski definition) is 1. The van der Waals surface area contributed by atoms with E-state index in [0.29, 0.717) is 17.3 Å². The number of benzene rings is 2. The summed E-state index contributed by atoms with van der Waals surface area (Å²) >= 11 is 5.88. The van der Waals surface area contributed by atoms with Gasteiger partial charge >= 0.3 is 6.18 Å². The zero-order valence-electron chi connectivity index (χ0n) is 16.5. The maximum Gasteiger partial charge on any atom is 0.422 e. The third-order valence-electron chi connectivity index (χ3n) is 4.47. The molecule has 3 rings (SSSR count). The molecule has 2 aromatic carbocycles. The number of nitrogens with one attached hydrogen (secondary N) is 1. The lowest BCUT2D eigenvalue weighted by atomic mass is 10.1. The predicted octanol–water partition coefficient (Wildman–Crippen LogP) is 4.72. The van der Waals surface area contributed by atoms with Gasteiger partial charge in [0, 0.05) is 18.0 Å². The molecule has 6 nitrogen and oxygen atoms in total. The van der Waals surface area contributed by atoms with Crippen LogP contribution in [0.2, 0.25) is 5.02 Å². The van der Waals surface area contributed by atoms with Crippen LogP contribution in [0.3, 0.4) is 0 Å². The predicted molar refractivity (Wildman–Crippen MR) is 112 cm³/mol. The number of aryl methyl sites for hydroxylation is 2. The number of alkyl halides is 3. The van der Waals surface area contributed by atoms with Crippen molar-refractivity contribution in [1.82, 2.24) is 9.55 Å². The first-order valence-electron chi connectivity index (χ1n) is 9.38. The summed E-state index contributed by atoms with van der Waals surface area (Å²) in [4.78, 5) is 29.2. The van der Waals surface area contributed by atoms with E-state index >= 15 is 0 Å². The van der Waals surface area contributed by atoms with Gasteiger partial charge in [0.25, 0.3) is 5.56 Å². The average molecular weight is 454 g/mol. The van der Waals surface area contributed by atoms with E-state index < -0.39 is 18.7 Å². The van der Waals surface area contributed by atoms with Crippen LogP contribution < -0.4 is 15.6 Å². The molecular weight excluding hydrogens is 435 g/mol. The number of carbonyl (C=O) groups is 1. The minimum absolute atomic E-state index is 0.0313. The van der Waals surface area contributed by atoms with Gasteiger partial charge in [0.15, 0.2) is 6.61 Å². The number of hydrogen-bond acceptors (Lipinski definition) is 4. The van der Waals surface area contributed by atoms with Gasteiger partial charge < -0.3 is 10.1 Å². The first kappa shape index (κ1) is 22.6. The van der Waals surface area contributed by atoms with Gasteiger partial charge in [0.2, 0.25) is 5.91 Å². The Hall–Kier alpha value is -3.07. The smallest absolute Gasteiger partial charge is 0.422 e. The van der Waals surface area contributed by atoms with Gasteiger partial charge in [-0.3, -0.25) is 14.2 Å². The summed E-state index contributed by atoms with van der Waals surface area (Å²) in [7, 11) is 0. The Bertz CT molecular complexity index is 1160. The highest BCUT2D eigenvalue weighted by atomic mass is 35.5. The van der Waals surface area contributed by atoms with Gasteiger partial charge in [-0.15, -0.1) is 0 Å². The normalized spacial score (nSPS) is 11.5. The number of carbonyl (C=O) groups excluding carboxylic acids is 1. The van der Waals surface area contributed by atoms with Gasteiger partial charge in [0.1, 0.15) is 5.75 Å². The standard InChI is InChI=1S/C21H19ClF3N3O3/c1-13-4-2-5-15-19(13)26-12-28(20(15)30)9-3-6-18(29)27-16-10-14(22)7-8-17(16)31-11-21(23,24)25/h2,4-5,7-8,10,12H,3,6,9,11H2,1H3,(H,27,29). The van der Waals surface area contributed by atoms with Gasteiger partial charge in [-0.2, -0.15) is 13.2 Å². The average Bonchev–Trinajstić information content (AvgIpc) is 2.69. The molecule has 0 atom stereocenters. The molecule has 1 heterocycles. The molecule has 0 aliphatic rings. The minimum Gasteiger partial charge on any atom is -0.482 e. The van der Waals surface area contributed by atoms with Crippen LogP contribution in [-0.2, 0) is 11.3 Å². The second-order valence-electron chi connectivity index (χ2n) is 6.91. The lowest BCUT2D eigenvalue weighted by Gasteiger charge is -2.14. The second kappa shape index (κ2) is 9.38. The van der Waals surface area contributed by atoms with E-state index in [-0.39, 0.29) is 35.0 Å². The Morgan fingerprint density at radius 3 is 2.77 bits per heavy atom. The van der Waals surface area contributed by atoms with Crippen molar-refractivity contribution in [2.24, 2.45) is 0 Å². The number of halogens is 4. The molecule has 1 amide bonds. The maximum absolute atomic E-state index is 12.6. The van der Waals surface area contributed by atoms with Gasteiger partial charge in [-0.1, -0.05) is 23.7 Å². The van der Waals surface area contributed by atoms with Crippen molar-refractivity contribution < 1.29 is 22.7 Å². The minimum atomic E-state index is -4.51. The lowest BCUT2D eigenvalue weighted by Crippen LogP contribution is -2.22. The zero-order valence-corrected chi connectivity index (χ0v) is 17.3. The fourth-order valence-electron chi connectivity index (χ4n) is 3.00. The first-order valence-corrected chi connectivity index (χ1v) is 9.75. The van der Waals surface area contributed by atoms with Gasteiger partial charge in [0.05, 0.1) is 22.9 Å². The molecule has 164 valence electrons. The molecule has 1 aromatic heterocycles. The molecule has 1 N–H and O–H groups in total. The molecule has 10 heteroatoms. The SMILES string of the molecule is Cc1cccc2c(=O)n(CCCC(=O)Nc3cc(Cl)ccc3OCC(F)(F)F)cnc12. The fourth-order valence-corrected chi connectivity index (χ4v) is 3.18. The van der Waals surface area contributed by atoms with Crippen LogP contribution in [0, 0.1) is 6.92 Å². The van der Waals surface area contributed by atoms with E-state index in [9.17, 15) is 22.8 Å². The number of aromatic nitrogens is 2. The summed E-state index contributed by atoms with van der Waals surface area (Å²) in [6, 6.07) is 9.28. The summed E-state index contributed by atoms with van der Waals surface area (Å²) in [5.74, 6) is -0.586. The molecule has 0 bridgehead atoms. The lowest BCUT2D eigenvalue weighted by molar-refractivity contribution is -0.153. The number of para-hydroxylation sites is 1. The number of nitrogens with zero attached hydrogens (tertiary/aromatic N) is 2. The molecule has 0 saturated heterocycles. The van der Waals surface area contributed by atoms with Crippen LogP contribution in [0.15, 0.2) is 47.5 Å². The fraction of sp³-hybridized carbons (Fsp3) is 0.286. The molecule has 31 heavy (non-hydrogen) atoms. The Balaban J connectivity index is 1.62. The topological polar surface area (TPSA) is 73.2 Å². The summed E-state index contributed by atoms with van der Waals surface area (Å²) < 4.78 is 43.4. The number of amides is 1. The van der Waals surface area contributed by atoms with Crippen LogP contribution in [-0.4, -0.2) is 28.2 Å². The second-order valence-corrected chi connectivity index (χ2v) is 7.35. The van der Waals surface area contributed by atoms with Crippen molar-refractivity contribution in [3.63, 3.8) is 0 Å². The van der Waals surface area contributed by atoms with E-state index in [2.05, 4.69) is 10.3 Å². The number of rotatable bonds is 7. The Morgan fingerprint density at radius 1 is 1.26 bits per heavy atom. The molecule has 0 unspecified atom stereocenters. The van der Waals surface area contributed by atoms with Crippen LogP contribution in [0.25, 0.3) is 10.9 Å². The highest BCUT2D eigenvalue weighted by molar-refractivity contribution is 6.31. The van der Waals surface area contributed by atoms with Gasteiger partial charge in [-0.05, 0) is 43.2 Å². The van der Waals surface area contributed by atoms with E-state index in [1.54, 1.807) is 12.1 Å². The van der Waals surface area contributed by atoms with Crippen LogP contribution >= 0.6 is 11.6 Å². The van der Waals surface area contributed by atoms with Crippen molar-refractivity contribution in [3.05, 3.63) is 63.7 Å². The van der Waals surface area contributed by atoms with Crippen molar-refractivity contribution in [2.75, 3.05) is 11.9 Å². The van der Waals surface area contributed by atoms with Crippen molar-refractivity contribution in [2.45, 2.75) is 32.5 Å². The molecule has 0 saturated carbocycles. The quantitative estimate of drug-likeness (QED) is 0.562. The Morgan fingerprint density at radius 2 is 2.03 bits per heavy atom. The van der Waals surface area contributed by atoms with Crippen LogP contribution in [0.1, 0.15) is 18.4 Å². The molecule has 0 radical (unpaired) electrons. The number of ether oxygens (including phenoxy) is 1. The van der Waals surface area contributed by atoms with Crippen molar-refractivity contribution in [1.29, 1.82) is 0 Å². The van der Waals surface area contributed by atoms with E-state index in [4.69, 9.17) is 16.3 Å².